The van der Waals surface area contributed by atoms with Crippen LogP contribution in [-0.2, 0) is 12.8 Å². The Bertz CT molecular complexity index is 979. The number of nitrogens with one attached hydrogen (secondary N) is 1. The second-order valence-corrected chi connectivity index (χ2v) is 7.92. The van der Waals surface area contributed by atoms with Crippen molar-refractivity contribution < 1.29 is 4.79 Å². The molecule has 0 saturated heterocycles. The first kappa shape index (κ1) is 17.6. The van der Waals surface area contributed by atoms with Crippen molar-refractivity contribution in [3.8, 4) is 5.69 Å². The number of benzene rings is 2. The largest absolute Gasteiger partial charge is 0.306 e. The molecular weight excluding hydrogens is 437 g/mol. The van der Waals surface area contributed by atoms with Gasteiger partial charge in [0.2, 0.25) is 0 Å². The number of carbonyl (C=O) groups is 1. The van der Waals surface area contributed by atoms with E-state index in [2.05, 4.69) is 21.2 Å². The molecule has 0 atom stereocenters. The summed E-state index contributed by atoms with van der Waals surface area (Å²) in [4.78, 5) is 12.8. The number of hydrogen-bond acceptors (Lipinski definition) is 2. The Morgan fingerprint density at radius 1 is 1.08 bits per heavy atom. The molecule has 0 aliphatic heterocycles. The van der Waals surface area contributed by atoms with E-state index in [4.69, 9.17) is 28.3 Å². The van der Waals surface area contributed by atoms with Crippen molar-refractivity contribution in [2.75, 3.05) is 5.32 Å². The summed E-state index contributed by atoms with van der Waals surface area (Å²) in [5, 5.41) is 8.56. The third kappa shape index (κ3) is 3.39. The van der Waals surface area contributed by atoms with Gasteiger partial charge in [0.1, 0.15) is 5.82 Å². The summed E-state index contributed by atoms with van der Waals surface area (Å²) in [5.41, 5.74) is 3.43. The lowest BCUT2D eigenvalue weighted by Crippen LogP contribution is -2.16. The molecule has 1 N–H and O–H groups in total. The van der Waals surface area contributed by atoms with Crippen molar-refractivity contribution in [2.24, 2.45) is 0 Å². The van der Waals surface area contributed by atoms with Crippen molar-refractivity contribution >= 4 is 50.9 Å². The summed E-state index contributed by atoms with van der Waals surface area (Å²) in [6.07, 6.45) is 2.87. The Kier molecular flexibility index (Phi) is 4.78. The first-order valence-corrected chi connectivity index (χ1v) is 9.70. The van der Waals surface area contributed by atoms with Crippen LogP contribution in [0.4, 0.5) is 5.82 Å². The molecule has 0 bridgehead atoms. The summed E-state index contributed by atoms with van der Waals surface area (Å²) >= 11 is 15.5. The molecule has 4 rings (SSSR count). The summed E-state index contributed by atoms with van der Waals surface area (Å²) < 4.78 is 2.78. The van der Waals surface area contributed by atoms with Crippen molar-refractivity contribution in [1.82, 2.24) is 9.78 Å². The minimum Gasteiger partial charge on any atom is -0.306 e. The van der Waals surface area contributed by atoms with Crippen molar-refractivity contribution in [2.45, 2.75) is 19.3 Å². The number of aromatic nitrogens is 2. The molecule has 0 saturated carbocycles. The Hall–Kier alpha value is -1.82. The van der Waals surface area contributed by atoms with Crippen LogP contribution in [0.15, 0.2) is 46.9 Å². The highest BCUT2D eigenvalue weighted by Crippen LogP contribution is 2.32. The zero-order chi connectivity index (χ0) is 18.3. The molecule has 7 heteroatoms. The lowest BCUT2D eigenvalue weighted by molar-refractivity contribution is 0.102. The summed E-state index contributed by atoms with van der Waals surface area (Å²) in [5.74, 6) is 0.447. The minimum atomic E-state index is -0.262. The van der Waals surface area contributed by atoms with Crippen LogP contribution in [0, 0.1) is 0 Å². The molecule has 0 fully saturated rings. The predicted molar refractivity (Wildman–Crippen MR) is 108 cm³/mol. The van der Waals surface area contributed by atoms with Crippen molar-refractivity contribution in [1.29, 1.82) is 0 Å². The van der Waals surface area contributed by atoms with Crippen molar-refractivity contribution in [3.05, 3.63) is 73.8 Å². The van der Waals surface area contributed by atoms with Crippen LogP contribution in [0.5, 0.6) is 0 Å². The Labute approximate surface area is 169 Å². The smallest absolute Gasteiger partial charge is 0.256 e. The molecule has 1 amide bonds. The Morgan fingerprint density at radius 3 is 2.46 bits per heavy atom. The highest BCUT2D eigenvalue weighted by Gasteiger charge is 2.24. The zero-order valence-corrected chi connectivity index (χ0v) is 16.7. The normalized spacial score (nSPS) is 12.9. The van der Waals surface area contributed by atoms with Gasteiger partial charge in [0.05, 0.1) is 11.4 Å². The van der Waals surface area contributed by atoms with E-state index in [1.54, 1.807) is 22.9 Å². The van der Waals surface area contributed by atoms with Gasteiger partial charge in [0, 0.05) is 25.6 Å². The van der Waals surface area contributed by atoms with Gasteiger partial charge >= 0.3 is 0 Å². The SMILES string of the molecule is O=C(Nc1c2c(nn1-c1ccc(Br)cc1)CCC2)c1cc(Cl)cc(Cl)c1. The van der Waals surface area contributed by atoms with Gasteiger partial charge in [-0.05, 0) is 61.7 Å². The third-order valence-corrected chi connectivity index (χ3v) is 5.30. The average molecular weight is 451 g/mol. The van der Waals surface area contributed by atoms with Crippen LogP contribution >= 0.6 is 39.1 Å². The maximum atomic E-state index is 12.8. The molecule has 2 aromatic carbocycles. The van der Waals surface area contributed by atoms with E-state index in [9.17, 15) is 4.79 Å². The van der Waals surface area contributed by atoms with E-state index in [0.29, 0.717) is 21.4 Å². The van der Waals surface area contributed by atoms with Crippen LogP contribution < -0.4 is 5.32 Å². The molecule has 1 aromatic heterocycles. The van der Waals surface area contributed by atoms with Crippen LogP contribution in [0.3, 0.4) is 0 Å². The minimum absolute atomic E-state index is 0.262. The van der Waals surface area contributed by atoms with Gasteiger partial charge in [-0.3, -0.25) is 4.79 Å². The molecular formula is C19H14BrCl2N3O. The number of anilines is 1. The molecule has 1 heterocycles. The van der Waals surface area contributed by atoms with E-state index >= 15 is 0 Å². The molecule has 4 nitrogen and oxygen atoms in total. The van der Waals surface area contributed by atoms with Gasteiger partial charge in [-0.15, -0.1) is 0 Å². The number of fused-ring (bicyclic) bond motifs is 1. The van der Waals surface area contributed by atoms with Gasteiger partial charge in [-0.2, -0.15) is 5.10 Å². The number of aryl methyl sites for hydroxylation is 1. The maximum absolute atomic E-state index is 12.8. The first-order valence-electron chi connectivity index (χ1n) is 8.15. The second kappa shape index (κ2) is 7.06. The molecule has 0 radical (unpaired) electrons. The zero-order valence-electron chi connectivity index (χ0n) is 13.6. The first-order chi connectivity index (χ1) is 12.5. The fourth-order valence-corrected chi connectivity index (χ4v) is 3.94. The fourth-order valence-electron chi connectivity index (χ4n) is 3.15. The Balaban J connectivity index is 1.73. The number of rotatable bonds is 3. The lowest BCUT2D eigenvalue weighted by Gasteiger charge is -2.11. The van der Waals surface area contributed by atoms with Gasteiger partial charge in [-0.25, -0.2) is 4.68 Å². The van der Waals surface area contributed by atoms with E-state index in [1.165, 1.54) is 0 Å². The fraction of sp³-hybridized carbons (Fsp3) is 0.158. The monoisotopic (exact) mass is 449 g/mol. The average Bonchev–Trinajstić information content (AvgIpc) is 3.17. The number of nitrogens with zero attached hydrogens (tertiary/aromatic N) is 2. The molecule has 1 aliphatic carbocycles. The van der Waals surface area contributed by atoms with Crippen molar-refractivity contribution in [3.63, 3.8) is 0 Å². The van der Waals surface area contributed by atoms with E-state index in [-0.39, 0.29) is 5.91 Å². The number of amides is 1. The van der Waals surface area contributed by atoms with Crippen LogP contribution in [0.25, 0.3) is 5.69 Å². The predicted octanol–water partition coefficient (Wildman–Crippen LogP) is 5.68. The topological polar surface area (TPSA) is 46.9 Å². The Morgan fingerprint density at radius 2 is 1.77 bits per heavy atom. The van der Waals surface area contributed by atoms with Gasteiger partial charge < -0.3 is 5.32 Å². The molecule has 0 unspecified atom stereocenters. The van der Waals surface area contributed by atoms with Gasteiger partial charge in [0.25, 0.3) is 5.91 Å². The summed E-state index contributed by atoms with van der Waals surface area (Å²) in [6, 6.07) is 12.6. The maximum Gasteiger partial charge on any atom is 0.256 e. The van der Waals surface area contributed by atoms with Crippen LogP contribution in [0.1, 0.15) is 28.0 Å². The molecule has 26 heavy (non-hydrogen) atoms. The number of halogens is 3. The third-order valence-electron chi connectivity index (χ3n) is 4.33. The summed E-state index contributed by atoms with van der Waals surface area (Å²) in [7, 11) is 0. The van der Waals surface area contributed by atoms with E-state index in [0.717, 1.165) is 40.7 Å². The lowest BCUT2D eigenvalue weighted by atomic mass is 10.2. The number of carbonyl (C=O) groups excluding carboxylic acids is 1. The standard InChI is InChI=1S/C19H14BrCl2N3O/c20-12-4-6-15(7-5-12)25-18(16-2-1-3-17(16)24-25)23-19(26)11-8-13(21)10-14(22)9-11/h4-10H,1-3H2,(H,23,26). The summed E-state index contributed by atoms with van der Waals surface area (Å²) in [6.45, 7) is 0. The van der Waals surface area contributed by atoms with Gasteiger partial charge in [-0.1, -0.05) is 39.1 Å². The van der Waals surface area contributed by atoms with Crippen LogP contribution in [-0.4, -0.2) is 15.7 Å². The molecule has 0 spiro atoms. The van der Waals surface area contributed by atoms with E-state index < -0.39 is 0 Å². The second-order valence-electron chi connectivity index (χ2n) is 6.13. The molecule has 132 valence electrons. The van der Waals surface area contributed by atoms with Gasteiger partial charge in [0.15, 0.2) is 0 Å². The highest BCUT2D eigenvalue weighted by molar-refractivity contribution is 9.10. The quantitative estimate of drug-likeness (QED) is 0.557. The van der Waals surface area contributed by atoms with E-state index in [1.807, 2.05) is 24.3 Å². The number of hydrogen-bond donors (Lipinski definition) is 1. The molecule has 1 aliphatic rings. The van der Waals surface area contributed by atoms with Crippen LogP contribution in [0.2, 0.25) is 10.0 Å². The molecule has 3 aromatic rings. The highest BCUT2D eigenvalue weighted by atomic mass is 79.9.